The van der Waals surface area contributed by atoms with Gasteiger partial charge in [-0.3, -0.25) is 0 Å². The molecule has 7 heteroatoms. The van der Waals surface area contributed by atoms with E-state index in [1.165, 1.54) is 31.2 Å². The van der Waals surface area contributed by atoms with Gasteiger partial charge in [-0.1, -0.05) is 0 Å². The lowest BCUT2D eigenvalue weighted by Crippen LogP contribution is -2.19. The Balaban J connectivity index is 1.38. The van der Waals surface area contributed by atoms with Crippen LogP contribution in [-0.4, -0.2) is 37.7 Å². The summed E-state index contributed by atoms with van der Waals surface area (Å²) in [6, 6.07) is 6.39. The van der Waals surface area contributed by atoms with Crippen LogP contribution in [0.25, 0.3) is 5.65 Å². The van der Waals surface area contributed by atoms with Gasteiger partial charge in [0.2, 0.25) is 5.95 Å². The van der Waals surface area contributed by atoms with Crippen molar-refractivity contribution in [2.75, 3.05) is 23.3 Å². The van der Waals surface area contributed by atoms with E-state index in [0.717, 1.165) is 41.9 Å². The molecule has 0 aromatic carbocycles. The number of pyridine rings is 1. The maximum Gasteiger partial charge on any atom is 0.227 e. The highest BCUT2D eigenvalue weighted by Crippen LogP contribution is 2.39. The summed E-state index contributed by atoms with van der Waals surface area (Å²) in [7, 11) is 0. The molecule has 1 saturated carbocycles. The zero-order chi connectivity index (χ0) is 17.5. The van der Waals surface area contributed by atoms with Crippen LogP contribution in [-0.2, 0) is 6.54 Å². The van der Waals surface area contributed by atoms with Crippen LogP contribution in [0.1, 0.15) is 48.6 Å². The molecule has 4 heterocycles. The van der Waals surface area contributed by atoms with Gasteiger partial charge in [-0.25, -0.2) is 15.0 Å². The predicted octanol–water partition coefficient (Wildman–Crippen LogP) is 2.92. The minimum absolute atomic E-state index is 0.607. The molecule has 26 heavy (non-hydrogen) atoms. The first kappa shape index (κ1) is 15.5. The molecule has 1 aliphatic heterocycles. The summed E-state index contributed by atoms with van der Waals surface area (Å²) < 4.78 is 1.82. The topological polar surface area (TPSA) is 71.2 Å². The van der Waals surface area contributed by atoms with Crippen LogP contribution < -0.4 is 10.2 Å². The highest BCUT2D eigenvalue weighted by atomic mass is 15.3. The first-order valence-corrected chi connectivity index (χ1v) is 9.43. The van der Waals surface area contributed by atoms with E-state index >= 15 is 0 Å². The Labute approximate surface area is 152 Å². The van der Waals surface area contributed by atoms with E-state index < -0.39 is 0 Å². The smallest absolute Gasteiger partial charge is 0.227 e. The van der Waals surface area contributed by atoms with Crippen LogP contribution in [0.2, 0.25) is 0 Å². The Kier molecular flexibility index (Phi) is 3.72. The Morgan fingerprint density at radius 2 is 1.96 bits per heavy atom. The second-order valence-electron chi connectivity index (χ2n) is 7.33. The molecule has 3 aromatic heterocycles. The van der Waals surface area contributed by atoms with Gasteiger partial charge in [0.25, 0.3) is 0 Å². The second kappa shape index (κ2) is 6.23. The van der Waals surface area contributed by atoms with Crippen LogP contribution >= 0.6 is 0 Å². The van der Waals surface area contributed by atoms with E-state index in [-0.39, 0.29) is 0 Å². The van der Waals surface area contributed by atoms with Gasteiger partial charge in [0.05, 0.1) is 5.69 Å². The molecule has 0 unspecified atom stereocenters. The van der Waals surface area contributed by atoms with Crippen molar-refractivity contribution < 1.29 is 0 Å². The highest BCUT2D eigenvalue weighted by Gasteiger charge is 2.27. The van der Waals surface area contributed by atoms with Crippen LogP contribution in [0.4, 0.5) is 11.8 Å². The molecule has 7 nitrogen and oxygen atoms in total. The average molecular weight is 349 g/mol. The van der Waals surface area contributed by atoms with Crippen LogP contribution in [0, 0.1) is 6.92 Å². The number of hydrogen-bond donors (Lipinski definition) is 1. The van der Waals surface area contributed by atoms with E-state index in [1.807, 2.05) is 4.52 Å². The van der Waals surface area contributed by atoms with Gasteiger partial charge in [-0.05, 0) is 50.3 Å². The van der Waals surface area contributed by atoms with Gasteiger partial charge < -0.3 is 10.2 Å². The number of rotatable bonds is 5. The third kappa shape index (κ3) is 2.98. The zero-order valence-electron chi connectivity index (χ0n) is 15.0. The number of aryl methyl sites for hydroxylation is 1. The first-order valence-electron chi connectivity index (χ1n) is 9.43. The molecule has 0 spiro atoms. The van der Waals surface area contributed by atoms with Crippen molar-refractivity contribution in [2.24, 2.45) is 0 Å². The van der Waals surface area contributed by atoms with Gasteiger partial charge in [0.1, 0.15) is 12.1 Å². The molecule has 2 fully saturated rings. The SMILES string of the molecule is Cc1cc(CNc2ncnc3cc(C4CC4)nn23)cc(N2CCCC2)n1. The number of hydrogen-bond acceptors (Lipinski definition) is 6. The second-order valence-corrected chi connectivity index (χ2v) is 7.33. The van der Waals surface area contributed by atoms with E-state index in [9.17, 15) is 0 Å². The van der Waals surface area contributed by atoms with Gasteiger partial charge in [-0.2, -0.15) is 9.61 Å². The van der Waals surface area contributed by atoms with Gasteiger partial charge in [-0.15, -0.1) is 0 Å². The van der Waals surface area contributed by atoms with Crippen LogP contribution in [0.3, 0.4) is 0 Å². The number of anilines is 2. The lowest BCUT2D eigenvalue weighted by Gasteiger charge is -2.18. The third-order valence-electron chi connectivity index (χ3n) is 5.16. The molecule has 1 aliphatic carbocycles. The van der Waals surface area contributed by atoms with Crippen molar-refractivity contribution in [1.82, 2.24) is 24.6 Å². The molecular weight excluding hydrogens is 326 g/mol. The lowest BCUT2D eigenvalue weighted by molar-refractivity contribution is 0.846. The fourth-order valence-corrected chi connectivity index (χ4v) is 3.65. The summed E-state index contributed by atoms with van der Waals surface area (Å²) in [5, 5.41) is 8.12. The first-order chi connectivity index (χ1) is 12.8. The number of aromatic nitrogens is 5. The molecule has 3 aromatic rings. The monoisotopic (exact) mass is 349 g/mol. The number of nitrogens with zero attached hydrogens (tertiary/aromatic N) is 6. The predicted molar refractivity (Wildman–Crippen MR) is 101 cm³/mol. The summed E-state index contributed by atoms with van der Waals surface area (Å²) in [4.78, 5) is 15.8. The van der Waals surface area contributed by atoms with Gasteiger partial charge >= 0.3 is 0 Å². The molecule has 2 aliphatic rings. The van der Waals surface area contributed by atoms with Crippen molar-refractivity contribution in [3.63, 3.8) is 0 Å². The van der Waals surface area contributed by atoms with E-state index in [1.54, 1.807) is 6.33 Å². The Hall–Kier alpha value is -2.70. The van der Waals surface area contributed by atoms with E-state index in [4.69, 9.17) is 10.1 Å². The van der Waals surface area contributed by atoms with Crippen molar-refractivity contribution >= 4 is 17.4 Å². The minimum atomic E-state index is 0.607. The molecule has 1 saturated heterocycles. The Bertz CT molecular complexity index is 938. The largest absolute Gasteiger partial charge is 0.357 e. The molecule has 0 radical (unpaired) electrons. The number of fused-ring (bicyclic) bond motifs is 1. The van der Waals surface area contributed by atoms with Crippen molar-refractivity contribution in [1.29, 1.82) is 0 Å². The molecule has 5 rings (SSSR count). The quantitative estimate of drug-likeness (QED) is 0.764. The summed E-state index contributed by atoms with van der Waals surface area (Å²) in [6.07, 6.45) is 6.57. The maximum absolute atomic E-state index is 4.71. The zero-order valence-corrected chi connectivity index (χ0v) is 15.0. The van der Waals surface area contributed by atoms with E-state index in [2.05, 4.69) is 45.3 Å². The Morgan fingerprint density at radius 3 is 2.77 bits per heavy atom. The minimum Gasteiger partial charge on any atom is -0.357 e. The fourth-order valence-electron chi connectivity index (χ4n) is 3.65. The lowest BCUT2D eigenvalue weighted by atomic mass is 10.2. The molecule has 0 bridgehead atoms. The van der Waals surface area contributed by atoms with E-state index in [0.29, 0.717) is 12.5 Å². The highest BCUT2D eigenvalue weighted by molar-refractivity contribution is 5.47. The van der Waals surface area contributed by atoms with Crippen molar-refractivity contribution in [2.45, 2.75) is 45.1 Å². The molecule has 134 valence electrons. The summed E-state index contributed by atoms with van der Waals surface area (Å²) >= 11 is 0. The van der Waals surface area contributed by atoms with Gasteiger partial charge in [0.15, 0.2) is 5.65 Å². The fraction of sp³-hybridized carbons (Fsp3) is 0.474. The molecule has 0 atom stereocenters. The molecule has 1 N–H and O–H groups in total. The normalized spacial score (nSPS) is 17.2. The number of nitrogens with one attached hydrogen (secondary N) is 1. The third-order valence-corrected chi connectivity index (χ3v) is 5.16. The van der Waals surface area contributed by atoms with Crippen LogP contribution in [0.5, 0.6) is 0 Å². The maximum atomic E-state index is 4.71. The van der Waals surface area contributed by atoms with Crippen LogP contribution in [0.15, 0.2) is 24.5 Å². The standard InChI is InChI=1S/C19H23N7/c1-13-8-14(9-18(23-13)25-6-2-3-7-25)11-20-19-22-12-21-17-10-16(15-4-5-15)24-26(17)19/h8-10,12,15H,2-7,11H2,1H3,(H,20,21,22). The molecular formula is C19H23N7. The summed E-state index contributed by atoms with van der Waals surface area (Å²) in [5.74, 6) is 2.43. The Morgan fingerprint density at radius 1 is 1.12 bits per heavy atom. The van der Waals surface area contributed by atoms with Crippen molar-refractivity contribution in [3.05, 3.63) is 41.5 Å². The van der Waals surface area contributed by atoms with Gasteiger partial charge in [0, 0.05) is 37.3 Å². The summed E-state index contributed by atoms with van der Waals surface area (Å²) in [6.45, 7) is 4.95. The summed E-state index contributed by atoms with van der Waals surface area (Å²) in [5.41, 5.74) is 4.24. The average Bonchev–Trinajstić information content (AvgIpc) is 3.17. The molecule has 0 amide bonds. The van der Waals surface area contributed by atoms with Crippen molar-refractivity contribution in [3.8, 4) is 0 Å².